The summed E-state index contributed by atoms with van der Waals surface area (Å²) in [5, 5.41) is 0. The summed E-state index contributed by atoms with van der Waals surface area (Å²) in [6, 6.07) is 0. The topological polar surface area (TPSA) is 3.24 Å². The molecule has 0 aliphatic carbocycles. The van der Waals surface area contributed by atoms with Gasteiger partial charge in [-0.15, -0.1) is 37.2 Å². The van der Waals surface area contributed by atoms with Crippen molar-refractivity contribution in [3.8, 4) is 0 Å². The van der Waals surface area contributed by atoms with E-state index < -0.39 is 0 Å². The Kier molecular flexibility index (Phi) is 102. The van der Waals surface area contributed by atoms with E-state index in [1.165, 1.54) is 0 Å². The fourth-order valence-electron chi connectivity index (χ4n) is 0. The van der Waals surface area contributed by atoms with Crippen LogP contribution in [0.5, 0.6) is 0 Å². The van der Waals surface area contributed by atoms with Crippen molar-refractivity contribution in [3.63, 3.8) is 0 Å². The molecule has 0 fully saturated rings. The molecule has 0 rings (SSSR count). The van der Waals surface area contributed by atoms with Crippen LogP contribution in [0.3, 0.4) is 0 Å². The van der Waals surface area contributed by atoms with Gasteiger partial charge >= 0.3 is 0 Å². The Morgan fingerprint density at radius 2 is 0.750 bits per heavy atom. The largest absolute Gasteiger partial charge is 0.312 e. The number of halogens is 3. The number of nitrogens with zero attached hydrogens (tertiary/aromatic N) is 1. The van der Waals surface area contributed by atoms with Crippen LogP contribution in [0.15, 0.2) is 0 Å². The van der Waals surface area contributed by atoms with Crippen LogP contribution in [0, 0.1) is 0 Å². The summed E-state index contributed by atoms with van der Waals surface area (Å²) in [6.07, 6.45) is 0. The lowest BCUT2D eigenvalue weighted by atomic mass is 11.0. The van der Waals surface area contributed by atoms with Crippen LogP contribution in [-0.2, 0) is 0 Å². The summed E-state index contributed by atoms with van der Waals surface area (Å²) < 4.78 is 0. The van der Waals surface area contributed by atoms with Crippen LogP contribution in [0.2, 0.25) is 0 Å². The van der Waals surface area contributed by atoms with Gasteiger partial charge in [-0.3, -0.25) is 0 Å². The minimum absolute atomic E-state index is 0. The molecule has 0 bridgehead atoms. The normalized spacial score (nSPS) is 4.50. The van der Waals surface area contributed by atoms with Crippen molar-refractivity contribution >= 4 is 54.6 Å². The van der Waals surface area contributed by atoms with Gasteiger partial charge in [0.15, 0.2) is 17.4 Å². The van der Waals surface area contributed by atoms with E-state index in [-0.39, 0.29) is 54.6 Å². The highest BCUT2D eigenvalue weighted by Crippen LogP contribution is 1.47. The van der Waals surface area contributed by atoms with Gasteiger partial charge in [0.25, 0.3) is 0 Å². The van der Waals surface area contributed by atoms with Gasteiger partial charge in [-0.05, 0) is 21.1 Å². The molecule has 0 aromatic heterocycles. The van der Waals surface area contributed by atoms with Crippen LogP contribution in [0.1, 0.15) is 0 Å². The molecule has 0 aliphatic heterocycles. The molecule has 1 nitrogen and oxygen atoms in total. The van der Waals surface area contributed by atoms with Crippen molar-refractivity contribution in [2.24, 2.45) is 0 Å². The molecule has 56 valence electrons. The second-order valence-electron chi connectivity index (χ2n) is 1.34. The monoisotopic (exact) mass is 197 g/mol. The maximum atomic E-state index is 2.00. The summed E-state index contributed by atoms with van der Waals surface area (Å²) in [5.41, 5.74) is 0. The summed E-state index contributed by atoms with van der Waals surface area (Å²) in [5.74, 6) is 0. The van der Waals surface area contributed by atoms with E-state index >= 15 is 0 Å². The van der Waals surface area contributed by atoms with Crippen molar-refractivity contribution in [2.75, 3.05) is 21.1 Å². The molecule has 0 atom stereocenters. The summed E-state index contributed by atoms with van der Waals surface area (Å²) in [4.78, 5) is 2.00. The summed E-state index contributed by atoms with van der Waals surface area (Å²) in [6.45, 7) is 0. The lowest BCUT2D eigenvalue weighted by Gasteiger charge is -1.90. The molecule has 0 N–H and O–H groups in total. The maximum Gasteiger partial charge on any atom is 0.187 e. The highest BCUT2D eigenvalue weighted by molar-refractivity contribution is 5.86. The van der Waals surface area contributed by atoms with E-state index in [2.05, 4.69) is 0 Å². The third kappa shape index (κ3) is 161. The molecular formula is C3H15AlCl3N. The average Bonchev–Trinajstić information content (AvgIpc) is 0.811. The SMILES string of the molecule is CN(C)C.Cl.Cl.Cl.[AlH3]. The first-order valence-corrected chi connectivity index (χ1v) is 1.34. The minimum atomic E-state index is 0. The zero-order valence-corrected chi connectivity index (χ0v) is 7.12. The van der Waals surface area contributed by atoms with Gasteiger partial charge in [0.1, 0.15) is 0 Å². The predicted molar refractivity (Wildman–Crippen MR) is 51.3 cm³/mol. The predicted octanol–water partition coefficient (Wildman–Crippen LogP) is 0.259. The van der Waals surface area contributed by atoms with E-state index in [4.69, 9.17) is 0 Å². The third-order valence-electron chi connectivity index (χ3n) is 0. The van der Waals surface area contributed by atoms with E-state index in [9.17, 15) is 0 Å². The quantitative estimate of drug-likeness (QED) is 0.505. The van der Waals surface area contributed by atoms with Gasteiger partial charge in [-0.2, -0.15) is 0 Å². The van der Waals surface area contributed by atoms with Crippen molar-refractivity contribution < 1.29 is 0 Å². The van der Waals surface area contributed by atoms with E-state index in [1.807, 2.05) is 26.0 Å². The van der Waals surface area contributed by atoms with Crippen LogP contribution in [0.4, 0.5) is 0 Å². The lowest BCUT2D eigenvalue weighted by Crippen LogP contribution is -1.99. The van der Waals surface area contributed by atoms with Crippen LogP contribution >= 0.6 is 37.2 Å². The smallest absolute Gasteiger partial charge is 0.187 e. The molecule has 0 unspecified atom stereocenters. The summed E-state index contributed by atoms with van der Waals surface area (Å²) >= 11 is 0. The average molecular weight is 199 g/mol. The molecular weight excluding hydrogens is 183 g/mol. The molecule has 0 aliphatic rings. The van der Waals surface area contributed by atoms with Gasteiger partial charge < -0.3 is 4.90 Å². The van der Waals surface area contributed by atoms with Crippen molar-refractivity contribution in [1.29, 1.82) is 0 Å². The second-order valence-corrected chi connectivity index (χ2v) is 1.34. The van der Waals surface area contributed by atoms with Crippen molar-refractivity contribution in [1.82, 2.24) is 4.90 Å². The van der Waals surface area contributed by atoms with Crippen LogP contribution < -0.4 is 0 Å². The molecule has 0 aromatic carbocycles. The minimum Gasteiger partial charge on any atom is -0.312 e. The number of hydrogen-bond acceptors (Lipinski definition) is 1. The first kappa shape index (κ1) is 34.4. The molecule has 0 radical (unpaired) electrons. The molecule has 8 heavy (non-hydrogen) atoms. The Morgan fingerprint density at radius 3 is 0.750 bits per heavy atom. The first-order chi connectivity index (χ1) is 1.73. The molecule has 0 heterocycles. The maximum absolute atomic E-state index is 2.00. The number of rotatable bonds is 0. The van der Waals surface area contributed by atoms with Crippen LogP contribution in [0.25, 0.3) is 0 Å². The molecule has 0 saturated heterocycles. The number of hydrogen-bond donors (Lipinski definition) is 0. The summed E-state index contributed by atoms with van der Waals surface area (Å²) in [7, 11) is 6.00. The Bertz CT molecular complexity index is 19.2. The Morgan fingerprint density at radius 1 is 0.750 bits per heavy atom. The lowest BCUT2D eigenvalue weighted by molar-refractivity contribution is 0.505. The van der Waals surface area contributed by atoms with Gasteiger partial charge in [-0.25, -0.2) is 0 Å². The zero-order chi connectivity index (χ0) is 3.58. The first-order valence-electron chi connectivity index (χ1n) is 1.34. The highest BCUT2D eigenvalue weighted by atomic mass is 35.5. The zero-order valence-electron chi connectivity index (χ0n) is 4.67. The van der Waals surface area contributed by atoms with Crippen molar-refractivity contribution in [3.05, 3.63) is 0 Å². The highest BCUT2D eigenvalue weighted by Gasteiger charge is 1.58. The Balaban J connectivity index is -0.00000000750. The molecule has 0 saturated carbocycles. The fraction of sp³-hybridized carbons (Fsp3) is 1.00. The van der Waals surface area contributed by atoms with E-state index in [0.717, 1.165) is 0 Å². The Labute approximate surface area is 80.6 Å². The molecule has 5 heteroatoms. The fourth-order valence-corrected chi connectivity index (χ4v) is 0. The van der Waals surface area contributed by atoms with E-state index in [1.54, 1.807) is 0 Å². The van der Waals surface area contributed by atoms with Gasteiger partial charge in [0.2, 0.25) is 0 Å². The van der Waals surface area contributed by atoms with Gasteiger partial charge in [0, 0.05) is 0 Å². The molecule has 0 aromatic rings. The van der Waals surface area contributed by atoms with Crippen LogP contribution in [-0.4, -0.2) is 43.4 Å². The molecule has 0 spiro atoms. The standard InChI is InChI=1S/C3H9N.Al.3ClH.3H/c1-4(2)3;;;;;;;/h1-3H3;;3*1H;;;. The third-order valence-corrected chi connectivity index (χ3v) is 0. The van der Waals surface area contributed by atoms with E-state index in [0.29, 0.717) is 0 Å². The molecule has 0 amide bonds. The van der Waals surface area contributed by atoms with Gasteiger partial charge in [-0.1, -0.05) is 0 Å². The second kappa shape index (κ2) is 23.8. The Hall–Kier alpha value is 1.36. The van der Waals surface area contributed by atoms with Crippen molar-refractivity contribution in [2.45, 2.75) is 0 Å². The van der Waals surface area contributed by atoms with Gasteiger partial charge in [0.05, 0.1) is 0 Å².